The fraction of sp³-hybridized carbons (Fsp3) is 0.333. The third-order valence-corrected chi connectivity index (χ3v) is 2.28. The highest BCUT2D eigenvalue weighted by Crippen LogP contribution is 2.10. The molecule has 72 valence electrons. The molecule has 0 aromatic heterocycles. The van der Waals surface area contributed by atoms with E-state index in [1.165, 1.54) is 0 Å². The van der Waals surface area contributed by atoms with Gasteiger partial charge in [-0.15, -0.1) is 0 Å². The van der Waals surface area contributed by atoms with E-state index in [4.69, 9.17) is 5.11 Å². The van der Waals surface area contributed by atoms with Gasteiger partial charge < -0.3 is 10.4 Å². The molecule has 0 saturated heterocycles. The molecule has 2 N–H and O–H groups in total. The molecule has 1 aromatic carbocycles. The first kappa shape index (κ1) is 10.7. The number of benzene rings is 1. The van der Waals surface area contributed by atoms with Gasteiger partial charge in [-0.25, -0.2) is 4.39 Å². The third kappa shape index (κ3) is 3.91. The van der Waals surface area contributed by atoms with Crippen molar-refractivity contribution < 1.29 is 9.50 Å². The van der Waals surface area contributed by atoms with Gasteiger partial charge in [-0.3, -0.25) is 0 Å². The molecule has 0 aliphatic carbocycles. The summed E-state index contributed by atoms with van der Waals surface area (Å²) < 4.78 is 13.0. The van der Waals surface area contributed by atoms with E-state index in [1.54, 1.807) is 0 Å². The van der Waals surface area contributed by atoms with E-state index in [-0.39, 0.29) is 6.54 Å². The van der Waals surface area contributed by atoms with Crippen molar-refractivity contribution in [1.29, 1.82) is 0 Å². The second-order valence-electron chi connectivity index (χ2n) is 2.70. The van der Waals surface area contributed by atoms with Crippen molar-refractivity contribution in [3.63, 3.8) is 0 Å². The van der Waals surface area contributed by atoms with Crippen LogP contribution in [0.25, 0.3) is 0 Å². The molecule has 1 atom stereocenters. The zero-order chi connectivity index (χ0) is 9.68. The lowest BCUT2D eigenvalue weighted by atomic mass is 10.3. The first-order valence-corrected chi connectivity index (χ1v) is 5.03. The van der Waals surface area contributed by atoms with E-state index in [1.807, 2.05) is 24.3 Å². The van der Waals surface area contributed by atoms with Gasteiger partial charge in [0.2, 0.25) is 0 Å². The molecule has 2 nitrogen and oxygen atoms in total. The van der Waals surface area contributed by atoms with Gasteiger partial charge in [-0.1, -0.05) is 0 Å². The Morgan fingerprint density at radius 2 is 2.00 bits per heavy atom. The number of aliphatic hydroxyl groups is 1. The second-order valence-corrected chi connectivity index (χ2v) is 3.94. The highest BCUT2D eigenvalue weighted by atomic mass is 127. The van der Waals surface area contributed by atoms with Crippen LogP contribution in [0.3, 0.4) is 0 Å². The fourth-order valence-electron chi connectivity index (χ4n) is 0.858. The molecule has 0 fully saturated rings. The van der Waals surface area contributed by atoms with Crippen LogP contribution >= 0.6 is 22.6 Å². The van der Waals surface area contributed by atoms with Gasteiger partial charge in [0, 0.05) is 15.8 Å². The molecule has 1 unspecified atom stereocenters. The van der Waals surface area contributed by atoms with Crippen molar-refractivity contribution in [2.24, 2.45) is 0 Å². The number of hydrogen-bond acceptors (Lipinski definition) is 2. The van der Waals surface area contributed by atoms with Gasteiger partial charge in [0.25, 0.3) is 0 Å². The minimum Gasteiger partial charge on any atom is -0.389 e. The Balaban J connectivity index is 2.41. The quantitative estimate of drug-likeness (QED) is 0.833. The maximum absolute atomic E-state index is 11.9. The molecule has 1 aromatic rings. The lowest BCUT2D eigenvalue weighted by Crippen LogP contribution is -2.21. The van der Waals surface area contributed by atoms with Crippen LogP contribution < -0.4 is 5.32 Å². The Hall–Kier alpha value is -0.360. The van der Waals surface area contributed by atoms with Crippen molar-refractivity contribution in [2.75, 3.05) is 18.5 Å². The van der Waals surface area contributed by atoms with Crippen LogP contribution in [0.15, 0.2) is 24.3 Å². The topological polar surface area (TPSA) is 32.3 Å². The molecular weight excluding hydrogens is 284 g/mol. The molecule has 0 aliphatic heterocycles. The number of hydrogen-bond donors (Lipinski definition) is 2. The first-order chi connectivity index (χ1) is 6.22. The van der Waals surface area contributed by atoms with Crippen LogP contribution in [0.5, 0.6) is 0 Å². The molecule has 1 rings (SSSR count). The molecular formula is C9H11FINO. The Bertz CT molecular complexity index is 252. The van der Waals surface area contributed by atoms with Crippen LogP contribution in [0.4, 0.5) is 10.1 Å². The summed E-state index contributed by atoms with van der Waals surface area (Å²) in [5, 5.41) is 11.9. The normalized spacial score (nSPS) is 12.5. The summed E-state index contributed by atoms with van der Waals surface area (Å²) >= 11 is 2.21. The first-order valence-electron chi connectivity index (χ1n) is 3.96. The smallest absolute Gasteiger partial charge is 0.117 e. The zero-order valence-corrected chi connectivity index (χ0v) is 9.16. The number of alkyl halides is 1. The van der Waals surface area contributed by atoms with Crippen LogP contribution in [0.2, 0.25) is 0 Å². The monoisotopic (exact) mass is 295 g/mol. The molecule has 13 heavy (non-hydrogen) atoms. The molecule has 0 bridgehead atoms. The van der Waals surface area contributed by atoms with Gasteiger partial charge in [0.15, 0.2) is 0 Å². The Kier molecular flexibility index (Phi) is 4.44. The number of aliphatic hydroxyl groups excluding tert-OH is 1. The van der Waals surface area contributed by atoms with Crippen LogP contribution in [0.1, 0.15) is 0 Å². The minimum absolute atomic E-state index is 0.247. The van der Waals surface area contributed by atoms with Crippen molar-refractivity contribution >= 4 is 28.3 Å². The van der Waals surface area contributed by atoms with Crippen LogP contribution in [-0.4, -0.2) is 24.4 Å². The summed E-state index contributed by atoms with van der Waals surface area (Å²) in [6, 6.07) is 7.69. The number of anilines is 1. The average molecular weight is 295 g/mol. The van der Waals surface area contributed by atoms with Gasteiger partial charge in [0.05, 0.1) is 6.10 Å². The summed E-state index contributed by atoms with van der Waals surface area (Å²) in [5.41, 5.74) is 0.896. The zero-order valence-electron chi connectivity index (χ0n) is 7.00. The average Bonchev–Trinajstić information content (AvgIpc) is 2.16. The summed E-state index contributed by atoms with van der Waals surface area (Å²) in [6.45, 7) is -0.464. The SMILES string of the molecule is OC(CF)CNc1ccc(I)cc1. The largest absolute Gasteiger partial charge is 0.389 e. The molecule has 0 aliphatic rings. The Morgan fingerprint density at radius 3 is 2.54 bits per heavy atom. The summed E-state index contributed by atoms with van der Waals surface area (Å²) in [7, 11) is 0. The lowest BCUT2D eigenvalue weighted by Gasteiger charge is -2.08. The molecule has 0 heterocycles. The Labute approximate surface area is 90.3 Å². The number of nitrogens with one attached hydrogen (secondary N) is 1. The number of rotatable bonds is 4. The Morgan fingerprint density at radius 1 is 1.38 bits per heavy atom. The van der Waals surface area contributed by atoms with Gasteiger partial charge in [-0.05, 0) is 46.9 Å². The minimum atomic E-state index is -0.917. The van der Waals surface area contributed by atoms with Crippen LogP contribution in [-0.2, 0) is 0 Å². The van der Waals surface area contributed by atoms with E-state index in [0.29, 0.717) is 0 Å². The fourth-order valence-corrected chi connectivity index (χ4v) is 1.22. The maximum Gasteiger partial charge on any atom is 0.117 e. The molecule has 0 radical (unpaired) electrons. The second kappa shape index (κ2) is 5.39. The summed E-state index contributed by atoms with van der Waals surface area (Å²) in [4.78, 5) is 0. The molecule has 0 saturated carbocycles. The van der Waals surface area contributed by atoms with E-state index in [2.05, 4.69) is 27.9 Å². The predicted octanol–water partition coefficient (Wildman–Crippen LogP) is 2.03. The van der Waals surface area contributed by atoms with Gasteiger partial charge in [0.1, 0.15) is 6.67 Å². The van der Waals surface area contributed by atoms with E-state index >= 15 is 0 Å². The maximum atomic E-state index is 11.9. The third-order valence-electron chi connectivity index (χ3n) is 1.56. The van der Waals surface area contributed by atoms with Gasteiger partial charge >= 0.3 is 0 Å². The molecule has 4 heteroatoms. The predicted molar refractivity (Wildman–Crippen MR) is 59.6 cm³/mol. The summed E-state index contributed by atoms with van der Waals surface area (Å²) in [5.74, 6) is 0. The van der Waals surface area contributed by atoms with Crippen molar-refractivity contribution in [1.82, 2.24) is 0 Å². The van der Waals surface area contributed by atoms with Crippen molar-refractivity contribution in [2.45, 2.75) is 6.10 Å². The highest BCUT2D eigenvalue weighted by molar-refractivity contribution is 14.1. The molecule has 0 spiro atoms. The van der Waals surface area contributed by atoms with E-state index in [0.717, 1.165) is 9.26 Å². The van der Waals surface area contributed by atoms with E-state index < -0.39 is 12.8 Å². The van der Waals surface area contributed by atoms with Crippen molar-refractivity contribution in [3.05, 3.63) is 27.8 Å². The van der Waals surface area contributed by atoms with E-state index in [9.17, 15) is 4.39 Å². The van der Waals surface area contributed by atoms with Crippen molar-refractivity contribution in [3.8, 4) is 0 Å². The van der Waals surface area contributed by atoms with Gasteiger partial charge in [-0.2, -0.15) is 0 Å². The molecule has 0 amide bonds. The van der Waals surface area contributed by atoms with Crippen LogP contribution in [0, 0.1) is 3.57 Å². The number of halogens is 2. The summed E-state index contributed by atoms with van der Waals surface area (Å²) in [6.07, 6.45) is -0.917. The highest BCUT2D eigenvalue weighted by Gasteiger charge is 2.01. The standard InChI is InChI=1S/C9H11FINO/c10-5-9(13)6-12-8-3-1-7(11)2-4-8/h1-4,9,12-13H,5-6H2. The lowest BCUT2D eigenvalue weighted by molar-refractivity contribution is 0.151.